The average Bonchev–Trinajstić information content (AvgIpc) is 2.45. The number of hydrogen-bond donors (Lipinski definition) is 3. The molecule has 3 amide bonds. The molecule has 0 radical (unpaired) electrons. The molecule has 1 atom stereocenters. The molecule has 0 saturated carbocycles. The van der Waals surface area contributed by atoms with Gasteiger partial charge in [0.05, 0.1) is 13.2 Å². The summed E-state index contributed by atoms with van der Waals surface area (Å²) in [6.07, 6.45) is 0.796. The number of nitrogens with zero attached hydrogens (tertiary/aromatic N) is 1. The highest BCUT2D eigenvalue weighted by atomic mass is 16.5. The fourth-order valence-corrected chi connectivity index (χ4v) is 2.04. The van der Waals surface area contributed by atoms with E-state index in [0.717, 1.165) is 6.42 Å². The fraction of sp³-hybridized carbons (Fsp3) is 0.769. The van der Waals surface area contributed by atoms with Crippen LogP contribution in [-0.4, -0.2) is 68.2 Å². The first-order chi connectivity index (χ1) is 10.1. The van der Waals surface area contributed by atoms with Gasteiger partial charge in [-0.25, -0.2) is 4.79 Å². The van der Waals surface area contributed by atoms with Crippen molar-refractivity contribution >= 4 is 17.9 Å². The molecule has 1 saturated heterocycles. The first kappa shape index (κ1) is 17.4. The van der Waals surface area contributed by atoms with E-state index in [2.05, 4.69) is 16.0 Å². The molecule has 1 fully saturated rings. The molecule has 0 aliphatic carbocycles. The van der Waals surface area contributed by atoms with Crippen molar-refractivity contribution in [2.45, 2.75) is 26.3 Å². The second-order valence-corrected chi connectivity index (χ2v) is 4.75. The summed E-state index contributed by atoms with van der Waals surface area (Å²) in [6, 6.07) is -1.01. The first-order valence-electron chi connectivity index (χ1n) is 7.27. The molecule has 1 heterocycles. The van der Waals surface area contributed by atoms with E-state index in [1.807, 2.05) is 6.92 Å². The van der Waals surface area contributed by atoms with Crippen molar-refractivity contribution in [3.05, 3.63) is 0 Å². The van der Waals surface area contributed by atoms with Crippen LogP contribution in [0.4, 0.5) is 4.79 Å². The maximum Gasteiger partial charge on any atom is 0.324 e. The van der Waals surface area contributed by atoms with Gasteiger partial charge in [0.25, 0.3) is 0 Å². The molecular formula is C13H24N4O4. The third-order valence-corrected chi connectivity index (χ3v) is 3.05. The maximum atomic E-state index is 11.8. The van der Waals surface area contributed by atoms with Crippen LogP contribution < -0.4 is 16.0 Å². The van der Waals surface area contributed by atoms with Gasteiger partial charge in [0.15, 0.2) is 0 Å². The minimum Gasteiger partial charge on any atom is -0.465 e. The lowest BCUT2D eigenvalue weighted by molar-refractivity contribution is -0.150. The Labute approximate surface area is 124 Å². The lowest BCUT2D eigenvalue weighted by Crippen LogP contribution is -2.58. The smallest absolute Gasteiger partial charge is 0.324 e. The zero-order valence-corrected chi connectivity index (χ0v) is 12.6. The van der Waals surface area contributed by atoms with E-state index < -0.39 is 18.0 Å². The normalized spacial score (nSPS) is 18.9. The first-order valence-corrected chi connectivity index (χ1v) is 7.27. The molecule has 120 valence electrons. The van der Waals surface area contributed by atoms with Crippen molar-refractivity contribution in [1.29, 1.82) is 0 Å². The summed E-state index contributed by atoms with van der Waals surface area (Å²) in [4.78, 5) is 36.8. The molecule has 3 N–H and O–H groups in total. The number of hydrogen-bond acceptors (Lipinski definition) is 6. The van der Waals surface area contributed by atoms with Crippen molar-refractivity contribution in [3.63, 3.8) is 0 Å². The number of carbonyl (C=O) groups excluding carboxylic acids is 3. The molecule has 0 aromatic carbocycles. The Bertz CT molecular complexity index is 375. The Morgan fingerprint density at radius 2 is 2.10 bits per heavy atom. The van der Waals surface area contributed by atoms with Crippen molar-refractivity contribution in [2.75, 3.05) is 39.3 Å². The Morgan fingerprint density at radius 3 is 2.76 bits per heavy atom. The molecule has 1 aliphatic heterocycles. The summed E-state index contributed by atoms with van der Waals surface area (Å²) in [6.45, 7) is 6.14. The van der Waals surface area contributed by atoms with Gasteiger partial charge in [-0.1, -0.05) is 6.92 Å². The predicted octanol–water partition coefficient (Wildman–Crippen LogP) is -0.941. The van der Waals surface area contributed by atoms with Gasteiger partial charge in [0.1, 0.15) is 6.04 Å². The molecule has 1 rings (SSSR count). The van der Waals surface area contributed by atoms with Gasteiger partial charge in [-0.15, -0.1) is 0 Å². The molecule has 0 bridgehead atoms. The summed E-state index contributed by atoms with van der Waals surface area (Å²) < 4.78 is 5.00. The van der Waals surface area contributed by atoms with Gasteiger partial charge in [-0.2, -0.15) is 0 Å². The standard InChI is InChI=1S/C13H24N4O4/c1-3-5-15-13(20)16-11(18)9-17-7-6-14-8-10(17)12(19)21-4-2/h10,14H,3-9H2,1-2H3,(H2,15,16,18,20). The van der Waals surface area contributed by atoms with Crippen molar-refractivity contribution in [1.82, 2.24) is 20.9 Å². The minimum atomic E-state index is -0.510. The number of carbonyl (C=O) groups is 3. The summed E-state index contributed by atoms with van der Waals surface area (Å²) in [5.41, 5.74) is 0. The number of piperazine rings is 1. The van der Waals surface area contributed by atoms with E-state index in [-0.39, 0.29) is 12.5 Å². The summed E-state index contributed by atoms with van der Waals surface area (Å²) >= 11 is 0. The number of rotatable bonds is 6. The minimum absolute atomic E-state index is 0.00922. The van der Waals surface area contributed by atoms with Crippen LogP contribution in [-0.2, 0) is 14.3 Å². The maximum absolute atomic E-state index is 11.8. The van der Waals surface area contributed by atoms with E-state index in [4.69, 9.17) is 4.74 Å². The van der Waals surface area contributed by atoms with Crippen LogP contribution in [0.25, 0.3) is 0 Å². The quantitative estimate of drug-likeness (QED) is 0.548. The Balaban J connectivity index is 2.47. The number of nitrogens with one attached hydrogen (secondary N) is 3. The summed E-state index contributed by atoms with van der Waals surface area (Å²) in [5.74, 6) is -0.785. The van der Waals surface area contributed by atoms with Gasteiger partial charge in [0.2, 0.25) is 5.91 Å². The fourth-order valence-electron chi connectivity index (χ4n) is 2.04. The highest BCUT2D eigenvalue weighted by Gasteiger charge is 2.31. The molecular weight excluding hydrogens is 276 g/mol. The lowest BCUT2D eigenvalue weighted by Gasteiger charge is -2.33. The van der Waals surface area contributed by atoms with Gasteiger partial charge >= 0.3 is 12.0 Å². The van der Waals surface area contributed by atoms with Crippen LogP contribution in [0, 0.1) is 0 Å². The van der Waals surface area contributed by atoms with Crippen LogP contribution >= 0.6 is 0 Å². The zero-order valence-electron chi connectivity index (χ0n) is 12.6. The SMILES string of the molecule is CCCNC(=O)NC(=O)CN1CCNCC1C(=O)OCC. The number of amides is 3. The van der Waals surface area contributed by atoms with Crippen molar-refractivity contribution < 1.29 is 19.1 Å². The van der Waals surface area contributed by atoms with E-state index in [1.54, 1.807) is 11.8 Å². The Morgan fingerprint density at radius 1 is 1.33 bits per heavy atom. The third kappa shape index (κ3) is 6.09. The summed E-state index contributed by atoms with van der Waals surface area (Å²) in [5, 5.41) is 7.90. The van der Waals surface area contributed by atoms with Crippen molar-refractivity contribution in [3.8, 4) is 0 Å². The van der Waals surface area contributed by atoms with Gasteiger partial charge in [-0.3, -0.25) is 19.8 Å². The van der Waals surface area contributed by atoms with Gasteiger partial charge < -0.3 is 15.4 Å². The third-order valence-electron chi connectivity index (χ3n) is 3.05. The molecule has 8 heteroatoms. The largest absolute Gasteiger partial charge is 0.465 e. The van der Waals surface area contributed by atoms with Crippen LogP contribution in [0.1, 0.15) is 20.3 Å². The summed E-state index contributed by atoms with van der Waals surface area (Å²) in [7, 11) is 0. The molecule has 21 heavy (non-hydrogen) atoms. The zero-order chi connectivity index (χ0) is 15.7. The number of ether oxygens (including phenoxy) is 1. The van der Waals surface area contributed by atoms with E-state index in [1.165, 1.54) is 0 Å². The highest BCUT2D eigenvalue weighted by Crippen LogP contribution is 2.05. The molecule has 0 aromatic rings. The van der Waals surface area contributed by atoms with Crippen molar-refractivity contribution in [2.24, 2.45) is 0 Å². The van der Waals surface area contributed by atoms with Crippen LogP contribution in [0.5, 0.6) is 0 Å². The molecule has 0 spiro atoms. The lowest BCUT2D eigenvalue weighted by atomic mass is 10.2. The molecule has 1 aliphatic rings. The van der Waals surface area contributed by atoms with Crippen LogP contribution in [0.15, 0.2) is 0 Å². The molecule has 0 aromatic heterocycles. The number of esters is 1. The van der Waals surface area contributed by atoms with E-state index in [9.17, 15) is 14.4 Å². The molecule has 1 unspecified atom stereocenters. The van der Waals surface area contributed by atoms with E-state index in [0.29, 0.717) is 32.8 Å². The topological polar surface area (TPSA) is 99.8 Å². The van der Waals surface area contributed by atoms with Gasteiger partial charge in [0, 0.05) is 26.2 Å². The highest BCUT2D eigenvalue weighted by molar-refractivity contribution is 5.95. The van der Waals surface area contributed by atoms with Crippen LogP contribution in [0.3, 0.4) is 0 Å². The molecule has 8 nitrogen and oxygen atoms in total. The number of imide groups is 1. The average molecular weight is 300 g/mol. The second-order valence-electron chi connectivity index (χ2n) is 4.75. The van der Waals surface area contributed by atoms with E-state index >= 15 is 0 Å². The number of urea groups is 1. The Kier molecular flexibility index (Phi) is 7.70. The Hall–Kier alpha value is -1.67. The van der Waals surface area contributed by atoms with Crippen LogP contribution in [0.2, 0.25) is 0 Å². The monoisotopic (exact) mass is 300 g/mol. The van der Waals surface area contributed by atoms with Gasteiger partial charge in [-0.05, 0) is 13.3 Å². The predicted molar refractivity (Wildman–Crippen MR) is 76.7 cm³/mol. The second kappa shape index (κ2) is 9.30.